The van der Waals surface area contributed by atoms with E-state index in [9.17, 15) is 0 Å². The predicted octanol–water partition coefficient (Wildman–Crippen LogP) is 1.75. The Morgan fingerprint density at radius 2 is 1.82 bits per heavy atom. The van der Waals surface area contributed by atoms with E-state index in [4.69, 9.17) is 11.2 Å². The van der Waals surface area contributed by atoms with E-state index in [0.29, 0.717) is 0 Å². The van der Waals surface area contributed by atoms with Crippen LogP contribution in [-0.2, 0) is 11.3 Å². The predicted molar refractivity (Wildman–Crippen MR) is 67.5 cm³/mol. The first-order valence-electron chi connectivity index (χ1n) is 6.21. The molecule has 17 heavy (non-hydrogen) atoms. The molecule has 3 rings (SSSR count). The Balaban J connectivity index is 1.62. The van der Waals surface area contributed by atoms with Crippen LogP contribution in [0.4, 0.5) is 0 Å². The van der Waals surface area contributed by atoms with E-state index in [1.807, 2.05) is 12.1 Å². The van der Waals surface area contributed by atoms with Gasteiger partial charge in [-0.3, -0.25) is 4.90 Å². The van der Waals surface area contributed by atoms with Gasteiger partial charge in [-0.1, -0.05) is 18.1 Å². The summed E-state index contributed by atoms with van der Waals surface area (Å²) in [5.41, 5.74) is 2.31. The van der Waals surface area contributed by atoms with Gasteiger partial charge in [-0.05, 0) is 17.7 Å². The molecule has 0 saturated carbocycles. The third kappa shape index (κ3) is 2.22. The number of ether oxygens (including phenoxy) is 1. The third-order valence-electron chi connectivity index (χ3n) is 3.84. The third-order valence-corrected chi connectivity index (χ3v) is 3.84. The largest absolute Gasteiger partial charge is 0.381 e. The number of benzene rings is 1. The molecule has 0 aliphatic carbocycles. The molecule has 0 N–H and O–H groups in total. The van der Waals surface area contributed by atoms with Gasteiger partial charge >= 0.3 is 0 Å². The molecule has 88 valence electrons. The van der Waals surface area contributed by atoms with Crippen molar-refractivity contribution >= 4 is 0 Å². The molecule has 2 aliphatic heterocycles. The second-order valence-electron chi connectivity index (χ2n) is 5.09. The Morgan fingerprint density at radius 1 is 1.18 bits per heavy atom. The molecule has 2 atom stereocenters. The summed E-state index contributed by atoms with van der Waals surface area (Å²) >= 11 is 0. The fourth-order valence-corrected chi connectivity index (χ4v) is 2.88. The van der Waals surface area contributed by atoms with Crippen LogP contribution in [0, 0.1) is 24.2 Å². The Kier molecular flexibility index (Phi) is 2.88. The van der Waals surface area contributed by atoms with Crippen LogP contribution in [-0.4, -0.2) is 31.2 Å². The zero-order chi connectivity index (χ0) is 11.7. The van der Waals surface area contributed by atoms with Crippen molar-refractivity contribution in [2.75, 3.05) is 26.3 Å². The minimum Gasteiger partial charge on any atom is -0.381 e. The van der Waals surface area contributed by atoms with Gasteiger partial charge in [0.15, 0.2) is 0 Å². The molecule has 2 nitrogen and oxygen atoms in total. The van der Waals surface area contributed by atoms with Crippen LogP contribution < -0.4 is 0 Å². The number of hydrogen-bond donors (Lipinski definition) is 0. The van der Waals surface area contributed by atoms with E-state index in [2.05, 4.69) is 23.0 Å². The van der Waals surface area contributed by atoms with E-state index in [-0.39, 0.29) is 0 Å². The molecule has 0 radical (unpaired) electrons. The maximum atomic E-state index is 5.49. The van der Waals surface area contributed by atoms with Crippen molar-refractivity contribution in [1.29, 1.82) is 0 Å². The first kappa shape index (κ1) is 10.8. The van der Waals surface area contributed by atoms with E-state index in [1.165, 1.54) is 18.7 Å². The van der Waals surface area contributed by atoms with Crippen molar-refractivity contribution in [2.24, 2.45) is 11.8 Å². The number of fused-ring (bicyclic) bond motifs is 1. The van der Waals surface area contributed by atoms with Crippen molar-refractivity contribution in [3.05, 3.63) is 35.4 Å². The first-order chi connectivity index (χ1) is 8.35. The van der Waals surface area contributed by atoms with Gasteiger partial charge < -0.3 is 4.74 Å². The average molecular weight is 227 g/mol. The summed E-state index contributed by atoms with van der Waals surface area (Å²) in [5.74, 6) is 4.18. The second-order valence-corrected chi connectivity index (χ2v) is 5.09. The summed E-state index contributed by atoms with van der Waals surface area (Å²) in [7, 11) is 0. The smallest absolute Gasteiger partial charge is 0.0510 e. The highest BCUT2D eigenvalue weighted by molar-refractivity contribution is 5.34. The van der Waals surface area contributed by atoms with Gasteiger partial charge in [0.25, 0.3) is 0 Å². The fourth-order valence-electron chi connectivity index (χ4n) is 2.88. The molecule has 0 amide bonds. The van der Waals surface area contributed by atoms with E-state index >= 15 is 0 Å². The Morgan fingerprint density at radius 3 is 2.41 bits per heavy atom. The highest BCUT2D eigenvalue weighted by Gasteiger charge is 2.36. The number of hydrogen-bond acceptors (Lipinski definition) is 2. The van der Waals surface area contributed by atoms with Crippen LogP contribution in [0.1, 0.15) is 11.1 Å². The Bertz CT molecular complexity index is 419. The minimum absolute atomic E-state index is 0.764. The first-order valence-corrected chi connectivity index (χ1v) is 6.21. The van der Waals surface area contributed by atoms with Crippen LogP contribution in [0.5, 0.6) is 0 Å². The van der Waals surface area contributed by atoms with Crippen molar-refractivity contribution < 1.29 is 4.74 Å². The number of nitrogens with zero attached hydrogens (tertiary/aromatic N) is 1. The monoisotopic (exact) mass is 227 g/mol. The van der Waals surface area contributed by atoms with Crippen LogP contribution in [0.3, 0.4) is 0 Å². The molecule has 1 aromatic carbocycles. The minimum atomic E-state index is 0.764. The zero-order valence-electron chi connectivity index (χ0n) is 9.93. The molecule has 1 aromatic rings. The van der Waals surface area contributed by atoms with Gasteiger partial charge in [-0.15, -0.1) is 6.42 Å². The van der Waals surface area contributed by atoms with Gasteiger partial charge in [0, 0.05) is 37.0 Å². The summed E-state index contributed by atoms with van der Waals surface area (Å²) in [5, 5.41) is 0. The number of likely N-dealkylation sites (tertiary alicyclic amines) is 1. The van der Waals surface area contributed by atoms with Crippen molar-refractivity contribution in [1.82, 2.24) is 4.90 Å². The number of rotatable bonds is 2. The van der Waals surface area contributed by atoms with Crippen LogP contribution in [0.2, 0.25) is 0 Å². The molecule has 0 spiro atoms. The lowest BCUT2D eigenvalue weighted by Gasteiger charge is -2.16. The van der Waals surface area contributed by atoms with Crippen molar-refractivity contribution in [3.8, 4) is 12.3 Å². The summed E-state index contributed by atoms with van der Waals surface area (Å²) in [6.45, 7) is 5.31. The normalized spacial score (nSPS) is 27.9. The molecule has 2 heteroatoms. The van der Waals surface area contributed by atoms with Gasteiger partial charge in [0.2, 0.25) is 0 Å². The molecule has 2 aliphatic rings. The van der Waals surface area contributed by atoms with Gasteiger partial charge in [-0.25, -0.2) is 0 Å². The molecular formula is C15H17NO. The number of terminal acetylenes is 1. The molecule has 0 aromatic heterocycles. The standard InChI is InChI=1S/C15H17NO/c1-2-12-3-5-13(6-4-12)7-16-8-14-10-17-11-15(14)9-16/h1,3-6,14-15H,7-11H2. The lowest BCUT2D eigenvalue weighted by Crippen LogP contribution is -2.22. The van der Waals surface area contributed by atoms with Crippen molar-refractivity contribution in [2.45, 2.75) is 6.54 Å². The van der Waals surface area contributed by atoms with Gasteiger partial charge in [0.1, 0.15) is 0 Å². The topological polar surface area (TPSA) is 12.5 Å². The van der Waals surface area contributed by atoms with Crippen LogP contribution in [0.25, 0.3) is 0 Å². The molecule has 2 heterocycles. The lowest BCUT2D eigenvalue weighted by molar-refractivity contribution is 0.153. The molecular weight excluding hydrogens is 210 g/mol. The molecule has 0 bridgehead atoms. The Labute approximate surface area is 103 Å². The summed E-state index contributed by atoms with van der Waals surface area (Å²) in [4.78, 5) is 2.53. The van der Waals surface area contributed by atoms with Crippen LogP contribution in [0.15, 0.2) is 24.3 Å². The van der Waals surface area contributed by atoms with Gasteiger partial charge in [-0.2, -0.15) is 0 Å². The quantitative estimate of drug-likeness (QED) is 0.714. The average Bonchev–Trinajstić information content (AvgIpc) is 2.90. The molecule has 2 saturated heterocycles. The van der Waals surface area contributed by atoms with E-state index in [1.54, 1.807) is 0 Å². The van der Waals surface area contributed by atoms with Gasteiger partial charge in [0.05, 0.1) is 13.2 Å². The summed E-state index contributed by atoms with van der Waals surface area (Å²) in [6.07, 6.45) is 5.35. The summed E-state index contributed by atoms with van der Waals surface area (Å²) < 4.78 is 5.49. The maximum Gasteiger partial charge on any atom is 0.0510 e. The fraction of sp³-hybridized carbons (Fsp3) is 0.467. The SMILES string of the molecule is C#Cc1ccc(CN2CC3COCC3C2)cc1. The Hall–Kier alpha value is -1.30. The van der Waals surface area contributed by atoms with Crippen molar-refractivity contribution in [3.63, 3.8) is 0 Å². The highest BCUT2D eigenvalue weighted by Crippen LogP contribution is 2.29. The van der Waals surface area contributed by atoms with E-state index in [0.717, 1.165) is 37.2 Å². The highest BCUT2D eigenvalue weighted by atomic mass is 16.5. The molecule has 2 unspecified atom stereocenters. The zero-order valence-corrected chi connectivity index (χ0v) is 9.93. The van der Waals surface area contributed by atoms with Crippen LogP contribution >= 0.6 is 0 Å². The molecule has 2 fully saturated rings. The second kappa shape index (κ2) is 4.52. The lowest BCUT2D eigenvalue weighted by atomic mass is 10.0. The van der Waals surface area contributed by atoms with E-state index < -0.39 is 0 Å². The summed E-state index contributed by atoms with van der Waals surface area (Å²) in [6, 6.07) is 8.32. The maximum absolute atomic E-state index is 5.49.